The molecule has 0 N–H and O–H groups in total. The third-order valence-corrected chi connectivity index (χ3v) is 16.9. The smallest absolute Gasteiger partial charge is 0.440 e. The van der Waals surface area contributed by atoms with E-state index in [1.807, 2.05) is 47.4 Å². The fourth-order valence-electron chi connectivity index (χ4n) is 11.5. The van der Waals surface area contributed by atoms with Crippen molar-refractivity contribution in [1.82, 2.24) is 0 Å². The first-order valence-electron chi connectivity index (χ1n) is 27.2. The van der Waals surface area contributed by atoms with Gasteiger partial charge in [-0.15, -0.1) is 24.5 Å². The average molecular weight is 980 g/mol. The van der Waals surface area contributed by atoms with E-state index in [0.717, 1.165) is 72.9 Å². The van der Waals surface area contributed by atoms with Crippen LogP contribution in [0.5, 0.6) is 5.75 Å². The molecule has 0 bridgehead atoms. The van der Waals surface area contributed by atoms with Gasteiger partial charge in [0.15, 0.2) is 0 Å². The number of ether oxygens (including phenoxy) is 1. The van der Waals surface area contributed by atoms with E-state index in [1.54, 1.807) is 23.5 Å². The van der Waals surface area contributed by atoms with Gasteiger partial charge in [0.05, 0.1) is 18.2 Å². The number of anilines is 6. The Morgan fingerprint density at radius 3 is 1.97 bits per heavy atom. The summed E-state index contributed by atoms with van der Waals surface area (Å²) in [5, 5.41) is 1.85. The second-order valence-corrected chi connectivity index (χ2v) is 24.2. The van der Waals surface area contributed by atoms with Crippen molar-refractivity contribution >= 4 is 89.8 Å². The number of halogens is 3. The minimum absolute atomic E-state index is 0.0269. The van der Waals surface area contributed by atoms with E-state index >= 15 is 0 Å². The van der Waals surface area contributed by atoms with E-state index in [9.17, 15) is 13.2 Å². The fourth-order valence-corrected chi connectivity index (χ4v) is 13.0. The molecule has 7 aromatic carbocycles. The van der Waals surface area contributed by atoms with E-state index in [2.05, 4.69) is 123 Å². The maximum Gasteiger partial charge on any atom is 0.573 e. The van der Waals surface area contributed by atoms with E-state index in [1.165, 1.54) is 22.6 Å². The molecule has 12 rings (SSSR count). The Kier molecular flexibility index (Phi) is 9.02. The molecule has 0 unspecified atom stereocenters. The fraction of sp³-hybridized carbons (Fsp3) is 0.270. The van der Waals surface area contributed by atoms with Crippen molar-refractivity contribution in [2.45, 2.75) is 110 Å². The second kappa shape index (κ2) is 15.9. The molecular formula is C63H58BF3N2O2S. The number of hydrogen-bond acceptors (Lipinski definition) is 5. The third kappa shape index (κ3) is 7.47. The molecule has 2 aromatic heterocycles. The molecule has 0 saturated heterocycles. The summed E-state index contributed by atoms with van der Waals surface area (Å²) in [6.45, 7) is 21.6. The highest BCUT2D eigenvalue weighted by atomic mass is 32.1. The zero-order valence-electron chi connectivity index (χ0n) is 47.2. The summed E-state index contributed by atoms with van der Waals surface area (Å²) in [5.74, 6) is -0.0316. The lowest BCUT2D eigenvalue weighted by atomic mass is 9.33. The van der Waals surface area contributed by atoms with E-state index in [-0.39, 0.29) is 39.3 Å². The molecule has 4 heterocycles. The highest BCUT2D eigenvalue weighted by Gasteiger charge is 2.49. The summed E-state index contributed by atoms with van der Waals surface area (Å²) in [7, 11) is 0. The van der Waals surface area contributed by atoms with E-state index < -0.39 is 37.0 Å². The lowest BCUT2D eigenvalue weighted by molar-refractivity contribution is -0.274. The predicted molar refractivity (Wildman–Crippen MR) is 296 cm³/mol. The number of nitrogens with zero attached hydrogens (tertiary/aromatic N) is 2. The number of fused-ring (bicyclic) bond motifs is 9. The first-order valence-corrected chi connectivity index (χ1v) is 25.5. The molecule has 4 nitrogen and oxygen atoms in total. The van der Waals surface area contributed by atoms with Crippen molar-refractivity contribution in [3.63, 3.8) is 0 Å². The molecule has 1 aliphatic carbocycles. The normalized spacial score (nSPS) is 16.8. The van der Waals surface area contributed by atoms with Gasteiger partial charge in [0.2, 0.25) is 5.88 Å². The minimum atomic E-state index is -5.04. The Hall–Kier alpha value is -6.71. The molecule has 72 heavy (non-hydrogen) atoms. The van der Waals surface area contributed by atoms with Gasteiger partial charge in [0, 0.05) is 55.2 Å². The average Bonchev–Trinajstić information content (AvgIpc) is 4.22. The SMILES string of the molecule is [2H]c1c([2H])c([2H])c(-c2ccc3c4c(oc3c2)N(c2ccc(C(C)(C)C)cc2-c2ccccc2)c2cc(OC(F)(F)F)cc3c2B4c2cc4c5c(sc4cc2N3c2ccc(C(C)(C)C)cc2)C(C)(C)CCC5(C)C)c([2H])c1[2H]. The number of rotatable bonds is 5. The molecule has 0 fully saturated rings. The van der Waals surface area contributed by atoms with Crippen LogP contribution in [0.15, 0.2) is 150 Å². The molecule has 0 amide bonds. The second-order valence-electron chi connectivity index (χ2n) is 23.2. The van der Waals surface area contributed by atoms with Gasteiger partial charge in [-0.1, -0.05) is 166 Å². The van der Waals surface area contributed by atoms with Gasteiger partial charge in [0.25, 0.3) is 6.71 Å². The topological polar surface area (TPSA) is 28.9 Å². The summed E-state index contributed by atoms with van der Waals surface area (Å²) in [5.41, 5.74) is 10.9. The van der Waals surface area contributed by atoms with Gasteiger partial charge in [-0.3, -0.25) is 4.90 Å². The molecule has 0 atom stereocenters. The summed E-state index contributed by atoms with van der Waals surface area (Å²) >= 11 is 1.80. The number of benzene rings is 7. The molecule has 9 aromatic rings. The van der Waals surface area contributed by atoms with Gasteiger partial charge in [-0.25, -0.2) is 0 Å². The van der Waals surface area contributed by atoms with E-state index in [0.29, 0.717) is 39.5 Å². The molecule has 362 valence electrons. The molecule has 3 aliphatic rings. The molecule has 0 radical (unpaired) electrons. The van der Waals surface area contributed by atoms with Gasteiger partial charge in [-0.05, 0) is 121 Å². The molecule has 0 saturated carbocycles. The molecule has 9 heteroatoms. The molecule has 2 aliphatic heterocycles. The summed E-state index contributed by atoms with van der Waals surface area (Å²) in [6, 6.07) is 35.4. The van der Waals surface area contributed by atoms with Gasteiger partial charge < -0.3 is 14.1 Å². The maximum absolute atomic E-state index is 14.9. The quantitative estimate of drug-likeness (QED) is 0.161. The Labute approximate surface area is 432 Å². The Morgan fingerprint density at radius 2 is 1.29 bits per heavy atom. The van der Waals surface area contributed by atoms with E-state index in [4.69, 9.17) is 16.0 Å². The van der Waals surface area contributed by atoms with Crippen molar-refractivity contribution in [1.29, 1.82) is 0 Å². The minimum Gasteiger partial charge on any atom is -0.440 e. The highest BCUT2D eigenvalue weighted by Crippen LogP contribution is 2.55. The number of thiophene rings is 1. The van der Waals surface area contributed by atoms with Crippen molar-refractivity contribution < 1.29 is 29.2 Å². The number of alkyl halides is 3. The van der Waals surface area contributed by atoms with Gasteiger partial charge >= 0.3 is 6.36 Å². The predicted octanol–water partition coefficient (Wildman–Crippen LogP) is 16.9. The van der Waals surface area contributed by atoms with Crippen molar-refractivity contribution in [2.75, 3.05) is 9.80 Å². The largest absolute Gasteiger partial charge is 0.573 e. The zero-order valence-corrected chi connectivity index (χ0v) is 43.0. The molecular weight excluding hydrogens is 917 g/mol. The van der Waals surface area contributed by atoms with Gasteiger partial charge in [0.1, 0.15) is 11.3 Å². The standard InChI is InChI=1S/C63H58BF3N2O2S/c1-59(2,3)40-22-25-42(26-23-40)68-49-36-53-46(54-57(72-53)62(9,10)30-29-61(54,7)8)35-47(49)64-55-44-27-21-39(37-17-13-11-14-18-37)31-52(44)70-58(55)69(51-34-43(71-63(65,66)67)33-50(68)56(51)64)48-28-24-41(60(4,5)6)32-45(48)38-19-15-12-16-20-38/h11-28,31-36H,29-30H2,1-10H3/i11D,13D,14D,17D,18D. The molecule has 0 spiro atoms. The summed E-state index contributed by atoms with van der Waals surface area (Å²) in [4.78, 5) is 5.38. The van der Waals surface area contributed by atoms with Crippen LogP contribution in [0.3, 0.4) is 0 Å². The van der Waals surface area contributed by atoms with Crippen LogP contribution >= 0.6 is 11.3 Å². The van der Waals surface area contributed by atoms with Crippen LogP contribution in [0.25, 0.3) is 43.3 Å². The third-order valence-electron chi connectivity index (χ3n) is 15.3. The number of furan rings is 1. The first kappa shape index (κ1) is 40.8. The number of hydrogen-bond donors (Lipinski definition) is 0. The lowest BCUT2D eigenvalue weighted by Gasteiger charge is -2.43. The zero-order chi connectivity index (χ0) is 54.8. The lowest BCUT2D eigenvalue weighted by Crippen LogP contribution is -2.61. The first-order chi connectivity index (χ1) is 36.1. The van der Waals surface area contributed by atoms with Crippen LogP contribution in [-0.2, 0) is 21.7 Å². The van der Waals surface area contributed by atoms with Crippen molar-refractivity contribution in [2.24, 2.45) is 0 Å². The summed E-state index contributed by atoms with van der Waals surface area (Å²) in [6.07, 6.45) is -3.01. The maximum atomic E-state index is 14.9. The van der Waals surface area contributed by atoms with Crippen LogP contribution in [0.2, 0.25) is 0 Å². The van der Waals surface area contributed by atoms with Crippen LogP contribution in [-0.4, -0.2) is 13.1 Å². The Balaban J connectivity index is 1.24. The summed E-state index contributed by atoms with van der Waals surface area (Å²) < 4.78 is 102. The highest BCUT2D eigenvalue weighted by molar-refractivity contribution is 7.19. The van der Waals surface area contributed by atoms with Crippen LogP contribution < -0.4 is 30.9 Å². The van der Waals surface area contributed by atoms with Crippen LogP contribution in [0, 0.1) is 0 Å². The van der Waals surface area contributed by atoms with Crippen molar-refractivity contribution in [3.8, 4) is 28.0 Å². The monoisotopic (exact) mass is 979 g/mol. The van der Waals surface area contributed by atoms with Gasteiger partial charge in [-0.2, -0.15) is 0 Å². The Bertz CT molecular complexity index is 3920. The van der Waals surface area contributed by atoms with Crippen LogP contribution in [0.4, 0.5) is 47.5 Å². The van der Waals surface area contributed by atoms with Crippen LogP contribution in [0.1, 0.15) is 111 Å². The Morgan fingerprint density at radius 1 is 0.625 bits per heavy atom. The van der Waals surface area contributed by atoms with Crippen molar-refractivity contribution in [3.05, 3.63) is 167 Å².